The molecule has 0 heterocycles. The number of hydrogen-bond acceptors (Lipinski definition) is 8. The van der Waals surface area contributed by atoms with Crippen LogP contribution in [0.3, 0.4) is 0 Å². The van der Waals surface area contributed by atoms with Crippen LogP contribution in [0.4, 0.5) is 11.4 Å². The van der Waals surface area contributed by atoms with Gasteiger partial charge >= 0.3 is 11.9 Å². The van der Waals surface area contributed by atoms with E-state index in [1.54, 1.807) is 79.2 Å². The zero-order valence-corrected chi connectivity index (χ0v) is 35.3. The average molecular weight is 807 g/mol. The molecule has 5 aromatic rings. The van der Waals surface area contributed by atoms with Gasteiger partial charge in [-0.1, -0.05) is 115 Å². The van der Waals surface area contributed by atoms with Crippen molar-refractivity contribution in [3.8, 4) is 17.2 Å². The van der Waals surface area contributed by atoms with Crippen molar-refractivity contribution in [1.82, 2.24) is 0 Å². The number of aliphatic imine (C=N–C) groups is 2. The minimum Gasteiger partial charge on any atom is -0.494 e. The topological polar surface area (TPSA) is 104 Å². The molecule has 5 rings (SSSR count). The Morgan fingerprint density at radius 3 is 1.53 bits per heavy atom. The molecule has 0 saturated heterocycles. The molecule has 0 spiro atoms. The molecule has 60 heavy (non-hydrogen) atoms. The normalized spacial score (nSPS) is 11.8. The summed E-state index contributed by atoms with van der Waals surface area (Å²) in [6.45, 7) is 7.29. The Kier molecular flexibility index (Phi) is 18.5. The largest absolute Gasteiger partial charge is 0.494 e. The summed E-state index contributed by atoms with van der Waals surface area (Å²) in [7, 11) is 0. The minimum absolute atomic E-state index is 0.158. The highest BCUT2D eigenvalue weighted by Gasteiger charge is 2.13. The van der Waals surface area contributed by atoms with Crippen LogP contribution in [0.15, 0.2) is 131 Å². The number of unbranched alkanes of at least 4 members (excludes halogenated alkanes) is 8. The highest BCUT2D eigenvalue weighted by molar-refractivity contribution is 5.97. The van der Waals surface area contributed by atoms with Gasteiger partial charge in [0.25, 0.3) is 0 Å². The maximum atomic E-state index is 13.0. The number of Topliss-reactive ketones (excluding diaryl/α,β-unsaturated/α-hetero) is 1. The summed E-state index contributed by atoms with van der Waals surface area (Å²) < 4.78 is 17.1. The van der Waals surface area contributed by atoms with Gasteiger partial charge in [-0.05, 0) is 108 Å². The van der Waals surface area contributed by atoms with Crippen LogP contribution in [0.25, 0.3) is 0 Å². The maximum absolute atomic E-state index is 13.0. The molecule has 0 fully saturated rings. The standard InChI is InChI=1S/C52H58N2O6/c1-4-6-8-9-10-11-13-34-58-47-32-30-46(31-33-47)54-38-41-20-24-44(25-21-41)52(57)60-49-17-14-16-48(36-49)59-51(56)43-22-18-40(19-23-43)37-53-45-28-26-42(27-29-45)50(55)35-39(3)15-12-7-5-2/h14,16-33,36-39H,4-13,15,34-35H2,1-3H3/b53-37+,54-38+. The van der Waals surface area contributed by atoms with Crippen molar-refractivity contribution in [3.05, 3.63) is 149 Å². The molecule has 8 nitrogen and oxygen atoms in total. The molecule has 0 radical (unpaired) electrons. The predicted octanol–water partition coefficient (Wildman–Crippen LogP) is 13.5. The van der Waals surface area contributed by atoms with Gasteiger partial charge in [0.1, 0.15) is 17.2 Å². The van der Waals surface area contributed by atoms with E-state index in [-0.39, 0.29) is 17.3 Å². The second-order valence-electron chi connectivity index (χ2n) is 15.3. The third-order valence-electron chi connectivity index (χ3n) is 10.1. The summed E-state index contributed by atoms with van der Waals surface area (Å²) in [4.78, 5) is 47.7. The lowest BCUT2D eigenvalue weighted by Crippen LogP contribution is -2.10. The number of ketones is 1. The van der Waals surface area contributed by atoms with Gasteiger partial charge < -0.3 is 14.2 Å². The number of carbonyl (C=O) groups excluding carboxylic acids is 3. The fourth-order valence-corrected chi connectivity index (χ4v) is 6.53. The van der Waals surface area contributed by atoms with Gasteiger partial charge in [-0.15, -0.1) is 0 Å². The highest BCUT2D eigenvalue weighted by atomic mass is 16.5. The van der Waals surface area contributed by atoms with Crippen LogP contribution < -0.4 is 14.2 Å². The first-order valence-electron chi connectivity index (χ1n) is 21.5. The summed E-state index contributed by atoms with van der Waals surface area (Å²) in [5.74, 6) is 0.758. The molecule has 0 aliphatic carbocycles. The van der Waals surface area contributed by atoms with E-state index in [2.05, 4.69) is 30.8 Å². The van der Waals surface area contributed by atoms with Gasteiger partial charge in [-0.25, -0.2) is 9.59 Å². The van der Waals surface area contributed by atoms with E-state index in [1.807, 2.05) is 48.5 Å². The van der Waals surface area contributed by atoms with E-state index in [0.717, 1.165) is 54.1 Å². The first kappa shape index (κ1) is 44.9. The van der Waals surface area contributed by atoms with Crippen LogP contribution in [-0.4, -0.2) is 36.8 Å². The third kappa shape index (κ3) is 15.6. The summed E-state index contributed by atoms with van der Waals surface area (Å²) in [5, 5.41) is 0. The second-order valence-corrected chi connectivity index (χ2v) is 15.3. The summed E-state index contributed by atoms with van der Waals surface area (Å²) in [5.41, 5.74) is 4.58. The lowest BCUT2D eigenvalue weighted by Gasteiger charge is -2.10. The molecule has 0 aliphatic rings. The monoisotopic (exact) mass is 806 g/mol. The summed E-state index contributed by atoms with van der Waals surface area (Å²) >= 11 is 0. The molecule has 0 N–H and O–H groups in total. The van der Waals surface area contributed by atoms with Crippen LogP contribution >= 0.6 is 0 Å². The van der Waals surface area contributed by atoms with E-state index in [4.69, 9.17) is 14.2 Å². The molecule has 0 aromatic heterocycles. The van der Waals surface area contributed by atoms with Crippen molar-refractivity contribution in [2.45, 2.75) is 97.8 Å². The van der Waals surface area contributed by atoms with Gasteiger partial charge in [0.2, 0.25) is 0 Å². The fourth-order valence-electron chi connectivity index (χ4n) is 6.53. The fraction of sp³-hybridized carbons (Fsp3) is 0.327. The van der Waals surface area contributed by atoms with Gasteiger partial charge in [0.05, 0.1) is 29.1 Å². The number of hydrogen-bond donors (Lipinski definition) is 0. The minimum atomic E-state index is -0.553. The van der Waals surface area contributed by atoms with Gasteiger partial charge in [-0.2, -0.15) is 0 Å². The van der Waals surface area contributed by atoms with Crippen molar-refractivity contribution in [2.24, 2.45) is 15.9 Å². The van der Waals surface area contributed by atoms with Crippen LogP contribution in [0.1, 0.15) is 140 Å². The molecule has 0 amide bonds. The molecule has 0 aliphatic heterocycles. The number of carbonyl (C=O) groups is 3. The first-order valence-corrected chi connectivity index (χ1v) is 21.5. The average Bonchev–Trinajstić information content (AvgIpc) is 3.27. The van der Waals surface area contributed by atoms with Crippen LogP contribution in [-0.2, 0) is 0 Å². The van der Waals surface area contributed by atoms with Gasteiger partial charge in [0, 0.05) is 30.5 Å². The van der Waals surface area contributed by atoms with Gasteiger partial charge in [0.15, 0.2) is 5.78 Å². The SMILES string of the molecule is CCCCCCCCCOc1ccc(/N=C/c2ccc(C(=O)Oc3cccc(OC(=O)c4ccc(/C=N/c5ccc(C(=O)CC(C)CCCCC)cc5)cc4)c3)cc2)cc1. The Morgan fingerprint density at radius 1 is 0.533 bits per heavy atom. The Bertz CT molecular complexity index is 2140. The molecular weight excluding hydrogens is 749 g/mol. The maximum Gasteiger partial charge on any atom is 0.343 e. The Morgan fingerprint density at radius 2 is 1.00 bits per heavy atom. The van der Waals surface area contributed by atoms with E-state index in [9.17, 15) is 14.4 Å². The van der Waals surface area contributed by atoms with Crippen molar-refractivity contribution in [1.29, 1.82) is 0 Å². The van der Waals surface area contributed by atoms with E-state index < -0.39 is 11.9 Å². The molecule has 312 valence electrons. The van der Waals surface area contributed by atoms with Crippen molar-refractivity contribution >= 4 is 41.5 Å². The predicted molar refractivity (Wildman–Crippen MR) is 242 cm³/mol. The first-order chi connectivity index (χ1) is 29.3. The number of esters is 2. The van der Waals surface area contributed by atoms with Gasteiger partial charge in [-0.3, -0.25) is 14.8 Å². The van der Waals surface area contributed by atoms with E-state index in [1.165, 1.54) is 57.4 Å². The third-order valence-corrected chi connectivity index (χ3v) is 10.1. The molecule has 1 atom stereocenters. The Hall–Kier alpha value is -6.15. The lowest BCUT2D eigenvalue weighted by molar-refractivity contribution is 0.0732. The second kappa shape index (κ2) is 24.7. The molecule has 1 unspecified atom stereocenters. The lowest BCUT2D eigenvalue weighted by atomic mass is 9.95. The smallest absolute Gasteiger partial charge is 0.343 e. The van der Waals surface area contributed by atoms with Crippen molar-refractivity contribution < 1.29 is 28.6 Å². The van der Waals surface area contributed by atoms with Crippen LogP contribution in [0, 0.1) is 5.92 Å². The summed E-state index contributed by atoms with van der Waals surface area (Å²) in [6, 6.07) is 35.3. The molecule has 0 saturated carbocycles. The number of ether oxygens (including phenoxy) is 3. The number of nitrogens with zero attached hydrogens (tertiary/aromatic N) is 2. The molecular formula is C52H58N2O6. The Balaban J connectivity index is 1.05. The quantitative estimate of drug-likeness (QED) is 0.0202. The number of benzene rings is 5. The van der Waals surface area contributed by atoms with E-state index in [0.29, 0.717) is 29.0 Å². The highest BCUT2D eigenvalue weighted by Crippen LogP contribution is 2.24. The van der Waals surface area contributed by atoms with Crippen LogP contribution in [0.2, 0.25) is 0 Å². The molecule has 8 heteroatoms. The van der Waals surface area contributed by atoms with E-state index >= 15 is 0 Å². The zero-order chi connectivity index (χ0) is 42.4. The number of rotatable bonds is 24. The summed E-state index contributed by atoms with van der Waals surface area (Å²) in [6.07, 6.45) is 17.4. The van der Waals surface area contributed by atoms with Crippen molar-refractivity contribution in [2.75, 3.05) is 6.61 Å². The Labute approximate surface area is 355 Å². The molecule has 5 aromatic carbocycles. The van der Waals surface area contributed by atoms with Crippen LogP contribution in [0.5, 0.6) is 17.2 Å². The zero-order valence-electron chi connectivity index (χ0n) is 35.3. The molecule has 0 bridgehead atoms. The van der Waals surface area contributed by atoms with Crippen molar-refractivity contribution in [3.63, 3.8) is 0 Å².